The third-order valence-corrected chi connectivity index (χ3v) is 1.78. The molecular weight excluding hydrogens is 421 g/mol. The lowest BCUT2D eigenvalue weighted by Gasteiger charge is -2.03. The molecule has 4 nitrogen and oxygen atoms in total. The number of hydrogen-bond acceptors (Lipinski definition) is 2. The predicted octanol–water partition coefficient (Wildman–Crippen LogP) is 2.91. The summed E-state index contributed by atoms with van der Waals surface area (Å²) in [6, 6.07) is 0. The normalized spacial score (nSPS) is 10.1. The number of unbranched alkanes of at least 4 members (excludes halogenated alkanes) is 3. The molecule has 0 aromatic carbocycles. The van der Waals surface area contributed by atoms with Crippen molar-refractivity contribution in [3.8, 4) is 0 Å². The molecule has 0 radical (unpaired) electrons. The fraction of sp³-hybridized carbons (Fsp3) is 1.00. The minimum atomic E-state index is -4.21. The van der Waals surface area contributed by atoms with E-state index >= 15 is 0 Å². The third kappa shape index (κ3) is 19.8. The van der Waals surface area contributed by atoms with Gasteiger partial charge in [0.05, 0.1) is 6.61 Å². The highest BCUT2D eigenvalue weighted by Crippen LogP contribution is 2.35. The van der Waals surface area contributed by atoms with Crippen molar-refractivity contribution in [2.45, 2.75) is 32.6 Å². The Hall–Kier alpha value is 1.57. The second-order valence-electron chi connectivity index (χ2n) is 2.38. The SMILES string of the molecule is CCCCCCOP(=O)(O)O.I.I. The molecule has 0 saturated carbocycles. The molecule has 0 heterocycles. The van der Waals surface area contributed by atoms with Gasteiger partial charge in [0.15, 0.2) is 0 Å². The molecule has 2 N–H and O–H groups in total. The molecule has 0 aliphatic carbocycles. The van der Waals surface area contributed by atoms with Gasteiger partial charge in [-0.05, 0) is 6.42 Å². The molecule has 7 heteroatoms. The zero-order valence-corrected chi connectivity index (χ0v) is 13.1. The molecule has 0 aromatic rings. The van der Waals surface area contributed by atoms with Gasteiger partial charge in [0, 0.05) is 0 Å². The van der Waals surface area contributed by atoms with Gasteiger partial charge in [0.25, 0.3) is 0 Å². The van der Waals surface area contributed by atoms with Crippen molar-refractivity contribution >= 4 is 55.8 Å². The maximum Gasteiger partial charge on any atom is 0.469 e. The van der Waals surface area contributed by atoms with E-state index in [0.29, 0.717) is 0 Å². The highest BCUT2D eigenvalue weighted by Gasteiger charge is 2.11. The van der Waals surface area contributed by atoms with Gasteiger partial charge in [-0.25, -0.2) is 4.57 Å². The molecule has 0 aromatic heterocycles. The molecule has 0 fully saturated rings. The summed E-state index contributed by atoms with van der Waals surface area (Å²) in [7, 11) is -4.21. The molecule has 0 aliphatic rings. The van der Waals surface area contributed by atoms with E-state index in [2.05, 4.69) is 11.4 Å². The Labute approximate surface area is 113 Å². The zero-order valence-electron chi connectivity index (χ0n) is 7.51. The lowest BCUT2D eigenvalue weighted by molar-refractivity contribution is 0.193. The smallest absolute Gasteiger partial charge is 0.303 e. The van der Waals surface area contributed by atoms with E-state index in [1.54, 1.807) is 0 Å². The molecule has 0 spiro atoms. The summed E-state index contributed by atoms with van der Waals surface area (Å²) in [4.78, 5) is 16.5. The summed E-state index contributed by atoms with van der Waals surface area (Å²) >= 11 is 0. The van der Waals surface area contributed by atoms with Crippen LogP contribution in [0.5, 0.6) is 0 Å². The number of rotatable bonds is 6. The fourth-order valence-electron chi connectivity index (χ4n) is 0.712. The van der Waals surface area contributed by atoms with E-state index in [-0.39, 0.29) is 54.6 Å². The van der Waals surface area contributed by atoms with E-state index in [1.807, 2.05) is 0 Å². The van der Waals surface area contributed by atoms with E-state index in [1.165, 1.54) is 0 Å². The lowest BCUT2D eigenvalue weighted by atomic mass is 10.2. The zero-order chi connectivity index (χ0) is 8.74. The van der Waals surface area contributed by atoms with Gasteiger partial charge in [-0.3, -0.25) is 4.52 Å². The van der Waals surface area contributed by atoms with Crippen LogP contribution in [0.1, 0.15) is 32.6 Å². The Morgan fingerprint density at radius 1 is 1.15 bits per heavy atom. The average molecular weight is 438 g/mol. The van der Waals surface area contributed by atoms with Crippen molar-refractivity contribution in [1.82, 2.24) is 0 Å². The number of phosphoric acid groups is 1. The van der Waals surface area contributed by atoms with Crippen LogP contribution in [-0.2, 0) is 9.09 Å². The first kappa shape index (κ1) is 20.0. The predicted molar refractivity (Wildman–Crippen MR) is 73.0 cm³/mol. The van der Waals surface area contributed by atoms with Crippen LogP contribution >= 0.6 is 55.8 Å². The second-order valence-corrected chi connectivity index (χ2v) is 3.62. The summed E-state index contributed by atoms with van der Waals surface area (Å²) in [5.41, 5.74) is 0. The summed E-state index contributed by atoms with van der Waals surface area (Å²) in [5, 5.41) is 0. The van der Waals surface area contributed by atoms with Crippen molar-refractivity contribution < 1.29 is 18.9 Å². The molecule has 0 bridgehead atoms. The van der Waals surface area contributed by atoms with Crippen LogP contribution in [0, 0.1) is 0 Å². The lowest BCUT2D eigenvalue weighted by Crippen LogP contribution is -1.91. The van der Waals surface area contributed by atoms with Crippen LogP contribution < -0.4 is 0 Å². The van der Waals surface area contributed by atoms with Crippen molar-refractivity contribution in [1.29, 1.82) is 0 Å². The van der Waals surface area contributed by atoms with Crippen LogP contribution in [0.2, 0.25) is 0 Å². The Morgan fingerprint density at radius 3 is 2.08 bits per heavy atom. The first-order valence-electron chi connectivity index (χ1n) is 3.76. The molecule has 0 unspecified atom stereocenters. The molecule has 0 atom stereocenters. The van der Waals surface area contributed by atoms with Crippen molar-refractivity contribution in [3.63, 3.8) is 0 Å². The fourth-order valence-corrected chi connectivity index (χ4v) is 1.08. The van der Waals surface area contributed by atoms with Crippen molar-refractivity contribution in [3.05, 3.63) is 0 Å². The first-order valence-corrected chi connectivity index (χ1v) is 5.29. The third-order valence-electron chi connectivity index (χ3n) is 1.26. The summed E-state index contributed by atoms with van der Waals surface area (Å²) in [6.45, 7) is 2.23. The van der Waals surface area contributed by atoms with E-state index in [4.69, 9.17) is 9.79 Å². The molecular formula is C6H17I2O4P. The molecule has 0 rings (SSSR count). The van der Waals surface area contributed by atoms with Crippen molar-refractivity contribution in [2.24, 2.45) is 0 Å². The van der Waals surface area contributed by atoms with Gasteiger partial charge < -0.3 is 9.79 Å². The first-order chi connectivity index (χ1) is 5.06. The minimum Gasteiger partial charge on any atom is -0.303 e. The van der Waals surface area contributed by atoms with Gasteiger partial charge in [-0.15, -0.1) is 48.0 Å². The number of halogens is 2. The standard InChI is InChI=1S/C6H15O4P.2HI/c1-2-3-4-5-6-10-11(7,8)9;;/h2-6H2,1H3,(H2,7,8,9);2*1H. The van der Waals surface area contributed by atoms with Crippen LogP contribution in [-0.4, -0.2) is 16.4 Å². The van der Waals surface area contributed by atoms with E-state index in [9.17, 15) is 4.57 Å². The molecule has 0 aliphatic heterocycles. The van der Waals surface area contributed by atoms with Gasteiger partial charge >= 0.3 is 7.82 Å². The highest BCUT2D eigenvalue weighted by atomic mass is 127. The van der Waals surface area contributed by atoms with Gasteiger partial charge in [-0.2, -0.15) is 0 Å². The average Bonchev–Trinajstić information content (AvgIpc) is 1.85. The molecule has 84 valence electrons. The monoisotopic (exact) mass is 438 g/mol. The Kier molecular flexibility index (Phi) is 18.0. The minimum absolute atomic E-state index is 0. The van der Waals surface area contributed by atoms with Gasteiger partial charge in [0.1, 0.15) is 0 Å². The summed E-state index contributed by atoms with van der Waals surface area (Å²) in [6.07, 6.45) is 3.88. The van der Waals surface area contributed by atoms with E-state index < -0.39 is 7.82 Å². The highest BCUT2D eigenvalue weighted by molar-refractivity contribution is 14.0. The Balaban J connectivity index is -0.000000500. The maximum atomic E-state index is 10.1. The Morgan fingerprint density at radius 2 is 1.69 bits per heavy atom. The van der Waals surface area contributed by atoms with Gasteiger partial charge in [-0.1, -0.05) is 26.2 Å². The topological polar surface area (TPSA) is 66.8 Å². The summed E-state index contributed by atoms with van der Waals surface area (Å²) < 4.78 is 14.4. The molecule has 0 amide bonds. The van der Waals surface area contributed by atoms with Crippen LogP contribution in [0.25, 0.3) is 0 Å². The molecule has 0 saturated heterocycles. The number of phosphoric ester groups is 1. The van der Waals surface area contributed by atoms with Crippen LogP contribution in [0.3, 0.4) is 0 Å². The van der Waals surface area contributed by atoms with Crippen LogP contribution in [0.4, 0.5) is 0 Å². The second kappa shape index (κ2) is 11.6. The van der Waals surface area contributed by atoms with Gasteiger partial charge in [0.2, 0.25) is 0 Å². The van der Waals surface area contributed by atoms with E-state index in [0.717, 1.165) is 25.7 Å². The number of hydrogen-bond donors (Lipinski definition) is 2. The van der Waals surface area contributed by atoms with Crippen molar-refractivity contribution in [2.75, 3.05) is 6.61 Å². The maximum absolute atomic E-state index is 10.1. The molecule has 13 heavy (non-hydrogen) atoms. The largest absolute Gasteiger partial charge is 0.469 e. The van der Waals surface area contributed by atoms with Crippen LogP contribution in [0.15, 0.2) is 0 Å². The summed E-state index contributed by atoms with van der Waals surface area (Å²) in [5.74, 6) is 0. The Bertz CT molecular complexity index is 139. The quantitative estimate of drug-likeness (QED) is 0.381.